The van der Waals surface area contributed by atoms with E-state index in [2.05, 4.69) is 18.7 Å². The monoisotopic (exact) mass is 223 g/mol. The van der Waals surface area contributed by atoms with Gasteiger partial charge in [0.15, 0.2) is 0 Å². The average Bonchev–Trinajstić information content (AvgIpc) is 2.29. The highest BCUT2D eigenvalue weighted by Crippen LogP contribution is 2.16. The van der Waals surface area contributed by atoms with E-state index in [4.69, 9.17) is 0 Å². The molecule has 0 aliphatic carbocycles. The molecular formula is C14H22FN. The molecule has 1 aromatic rings. The van der Waals surface area contributed by atoms with E-state index < -0.39 is 0 Å². The highest BCUT2D eigenvalue weighted by atomic mass is 19.1. The van der Waals surface area contributed by atoms with E-state index >= 15 is 0 Å². The van der Waals surface area contributed by atoms with Crippen molar-refractivity contribution in [1.82, 2.24) is 0 Å². The van der Waals surface area contributed by atoms with Crippen LogP contribution in [0.4, 0.5) is 10.1 Å². The third-order valence-corrected chi connectivity index (χ3v) is 2.74. The van der Waals surface area contributed by atoms with Gasteiger partial charge >= 0.3 is 0 Å². The molecule has 0 aromatic heterocycles. The van der Waals surface area contributed by atoms with Crippen LogP contribution in [0.1, 0.15) is 39.5 Å². The first-order valence-electron chi connectivity index (χ1n) is 6.28. The van der Waals surface area contributed by atoms with Gasteiger partial charge in [0.05, 0.1) is 0 Å². The Hall–Kier alpha value is -1.05. The van der Waals surface area contributed by atoms with Crippen molar-refractivity contribution in [3.63, 3.8) is 0 Å². The third-order valence-electron chi connectivity index (χ3n) is 2.74. The number of benzene rings is 1. The zero-order valence-electron chi connectivity index (χ0n) is 10.4. The van der Waals surface area contributed by atoms with Crippen molar-refractivity contribution >= 4 is 5.69 Å². The first-order chi connectivity index (χ1) is 7.77. The molecule has 1 aromatic carbocycles. The van der Waals surface area contributed by atoms with E-state index in [0.717, 1.165) is 18.8 Å². The number of hydrogen-bond acceptors (Lipinski definition) is 1. The number of anilines is 1. The Kier molecular flexibility index (Phi) is 5.91. The summed E-state index contributed by atoms with van der Waals surface area (Å²) in [4.78, 5) is 2.29. The zero-order chi connectivity index (χ0) is 11.8. The van der Waals surface area contributed by atoms with Gasteiger partial charge in [-0.3, -0.25) is 0 Å². The van der Waals surface area contributed by atoms with E-state index in [1.807, 2.05) is 6.07 Å². The molecule has 0 unspecified atom stereocenters. The SMILES string of the molecule is CCCCN(CCCC)c1cccc(F)c1. The summed E-state index contributed by atoms with van der Waals surface area (Å²) < 4.78 is 13.1. The van der Waals surface area contributed by atoms with E-state index in [1.165, 1.54) is 31.7 Å². The summed E-state index contributed by atoms with van der Waals surface area (Å²) in [5, 5.41) is 0. The minimum atomic E-state index is -0.143. The van der Waals surface area contributed by atoms with Crippen LogP contribution in [0.15, 0.2) is 24.3 Å². The fourth-order valence-corrected chi connectivity index (χ4v) is 1.74. The lowest BCUT2D eigenvalue weighted by atomic mass is 10.2. The Labute approximate surface area is 98.3 Å². The quantitative estimate of drug-likeness (QED) is 0.668. The average molecular weight is 223 g/mol. The number of nitrogens with zero attached hydrogens (tertiary/aromatic N) is 1. The molecule has 0 fully saturated rings. The molecule has 16 heavy (non-hydrogen) atoms. The van der Waals surface area contributed by atoms with Gasteiger partial charge in [-0.15, -0.1) is 0 Å². The van der Waals surface area contributed by atoms with Gasteiger partial charge < -0.3 is 4.90 Å². The first kappa shape index (κ1) is 13.0. The van der Waals surface area contributed by atoms with Gasteiger partial charge in [-0.2, -0.15) is 0 Å². The van der Waals surface area contributed by atoms with Crippen LogP contribution < -0.4 is 4.90 Å². The second kappa shape index (κ2) is 7.26. The molecule has 0 saturated heterocycles. The van der Waals surface area contributed by atoms with Gasteiger partial charge in [0.25, 0.3) is 0 Å². The Morgan fingerprint density at radius 3 is 2.19 bits per heavy atom. The van der Waals surface area contributed by atoms with E-state index in [9.17, 15) is 4.39 Å². The minimum Gasteiger partial charge on any atom is -0.371 e. The molecule has 0 heterocycles. The van der Waals surface area contributed by atoms with Crippen LogP contribution in [0, 0.1) is 5.82 Å². The highest BCUT2D eigenvalue weighted by molar-refractivity contribution is 5.46. The Balaban J connectivity index is 2.66. The maximum absolute atomic E-state index is 13.1. The van der Waals surface area contributed by atoms with Crippen LogP contribution in [0.25, 0.3) is 0 Å². The predicted molar refractivity (Wildman–Crippen MR) is 68.4 cm³/mol. The van der Waals surface area contributed by atoms with Gasteiger partial charge in [-0.1, -0.05) is 32.8 Å². The molecule has 1 nitrogen and oxygen atoms in total. The molecule has 0 spiro atoms. The van der Waals surface area contributed by atoms with E-state index in [0.29, 0.717) is 0 Å². The molecule has 0 bridgehead atoms. The Morgan fingerprint density at radius 1 is 1.06 bits per heavy atom. The molecular weight excluding hydrogens is 201 g/mol. The largest absolute Gasteiger partial charge is 0.371 e. The van der Waals surface area contributed by atoms with Crippen LogP contribution >= 0.6 is 0 Å². The predicted octanol–water partition coefficient (Wildman–Crippen LogP) is 4.23. The van der Waals surface area contributed by atoms with Gasteiger partial charge in [0.1, 0.15) is 5.82 Å². The maximum Gasteiger partial charge on any atom is 0.125 e. The van der Waals surface area contributed by atoms with Gasteiger partial charge in [-0.25, -0.2) is 4.39 Å². The van der Waals surface area contributed by atoms with Crippen molar-refractivity contribution in [3.8, 4) is 0 Å². The number of halogens is 1. The lowest BCUT2D eigenvalue weighted by Crippen LogP contribution is -2.25. The molecule has 0 N–H and O–H groups in total. The van der Waals surface area contributed by atoms with Crippen LogP contribution in [-0.4, -0.2) is 13.1 Å². The second-order valence-corrected chi connectivity index (χ2v) is 4.17. The zero-order valence-corrected chi connectivity index (χ0v) is 10.4. The van der Waals surface area contributed by atoms with Crippen molar-refractivity contribution in [2.45, 2.75) is 39.5 Å². The summed E-state index contributed by atoms with van der Waals surface area (Å²) >= 11 is 0. The number of rotatable bonds is 7. The summed E-state index contributed by atoms with van der Waals surface area (Å²) in [5.74, 6) is -0.143. The number of hydrogen-bond donors (Lipinski definition) is 0. The lowest BCUT2D eigenvalue weighted by Gasteiger charge is -2.24. The summed E-state index contributed by atoms with van der Waals surface area (Å²) in [6.45, 7) is 6.42. The normalized spacial score (nSPS) is 10.4. The van der Waals surface area contributed by atoms with Gasteiger partial charge in [0, 0.05) is 18.8 Å². The molecule has 2 heteroatoms. The van der Waals surface area contributed by atoms with Crippen LogP contribution in [0.2, 0.25) is 0 Å². The third kappa shape index (κ3) is 4.21. The molecule has 0 atom stereocenters. The van der Waals surface area contributed by atoms with E-state index in [-0.39, 0.29) is 5.82 Å². The smallest absolute Gasteiger partial charge is 0.125 e. The van der Waals surface area contributed by atoms with Crippen molar-refractivity contribution in [1.29, 1.82) is 0 Å². The molecule has 0 aliphatic heterocycles. The summed E-state index contributed by atoms with van der Waals surface area (Å²) in [6.07, 6.45) is 4.69. The van der Waals surface area contributed by atoms with E-state index in [1.54, 1.807) is 12.1 Å². The lowest BCUT2D eigenvalue weighted by molar-refractivity contribution is 0.623. The first-order valence-corrected chi connectivity index (χ1v) is 6.28. The van der Waals surface area contributed by atoms with Crippen LogP contribution in [-0.2, 0) is 0 Å². The second-order valence-electron chi connectivity index (χ2n) is 4.17. The van der Waals surface area contributed by atoms with Crippen molar-refractivity contribution < 1.29 is 4.39 Å². The fraction of sp³-hybridized carbons (Fsp3) is 0.571. The molecule has 0 aliphatic rings. The maximum atomic E-state index is 13.1. The standard InChI is InChI=1S/C14H22FN/c1-3-5-10-16(11-6-4-2)14-9-7-8-13(15)12-14/h7-9,12H,3-6,10-11H2,1-2H3. The Bertz CT molecular complexity index is 291. The van der Waals surface area contributed by atoms with Crippen molar-refractivity contribution in [3.05, 3.63) is 30.1 Å². The summed E-state index contributed by atoms with van der Waals surface area (Å²) in [5.41, 5.74) is 1.02. The van der Waals surface area contributed by atoms with Crippen molar-refractivity contribution in [2.24, 2.45) is 0 Å². The molecule has 0 saturated carbocycles. The van der Waals surface area contributed by atoms with Gasteiger partial charge in [-0.05, 0) is 31.0 Å². The molecule has 90 valence electrons. The molecule has 0 radical (unpaired) electrons. The van der Waals surface area contributed by atoms with Gasteiger partial charge in [0.2, 0.25) is 0 Å². The highest BCUT2D eigenvalue weighted by Gasteiger charge is 2.05. The summed E-state index contributed by atoms with van der Waals surface area (Å²) in [6, 6.07) is 6.91. The van der Waals surface area contributed by atoms with Crippen LogP contribution in [0.3, 0.4) is 0 Å². The number of unbranched alkanes of at least 4 members (excludes halogenated alkanes) is 2. The molecule has 1 rings (SSSR count). The minimum absolute atomic E-state index is 0.143. The van der Waals surface area contributed by atoms with Crippen molar-refractivity contribution in [2.75, 3.05) is 18.0 Å². The van der Waals surface area contributed by atoms with Crippen LogP contribution in [0.5, 0.6) is 0 Å². The summed E-state index contributed by atoms with van der Waals surface area (Å²) in [7, 11) is 0. The Morgan fingerprint density at radius 2 is 1.69 bits per heavy atom. The fourth-order valence-electron chi connectivity index (χ4n) is 1.74. The molecule has 0 amide bonds. The topological polar surface area (TPSA) is 3.24 Å².